The second kappa shape index (κ2) is 6.78. The number of anilines is 3. The van der Waals surface area contributed by atoms with E-state index in [1.54, 1.807) is 0 Å². The van der Waals surface area contributed by atoms with Gasteiger partial charge >= 0.3 is 0 Å². The normalized spacial score (nSPS) is 23.4. The number of aryl methyl sites for hydroxylation is 1. The first kappa shape index (κ1) is 18.2. The molecule has 1 fully saturated rings. The summed E-state index contributed by atoms with van der Waals surface area (Å²) >= 11 is 0. The second-order valence-corrected chi connectivity index (χ2v) is 9.76. The molecule has 1 aromatic heterocycles. The van der Waals surface area contributed by atoms with Gasteiger partial charge in [-0.25, -0.2) is 18.4 Å². The van der Waals surface area contributed by atoms with Crippen LogP contribution in [0, 0.1) is 6.92 Å². The highest BCUT2D eigenvalue weighted by molar-refractivity contribution is 7.91. The van der Waals surface area contributed by atoms with Crippen molar-refractivity contribution in [3.8, 4) is 0 Å². The molecule has 0 amide bonds. The van der Waals surface area contributed by atoms with E-state index in [0.717, 1.165) is 24.6 Å². The van der Waals surface area contributed by atoms with Crippen LogP contribution in [0.3, 0.4) is 0 Å². The van der Waals surface area contributed by atoms with Crippen LogP contribution >= 0.6 is 0 Å². The van der Waals surface area contributed by atoms with E-state index < -0.39 is 9.84 Å². The van der Waals surface area contributed by atoms with Crippen LogP contribution in [-0.4, -0.2) is 48.5 Å². The minimum absolute atomic E-state index is 0.00885. The van der Waals surface area contributed by atoms with Gasteiger partial charge in [-0.15, -0.1) is 0 Å². The van der Waals surface area contributed by atoms with E-state index in [-0.39, 0.29) is 17.5 Å². The van der Waals surface area contributed by atoms with Gasteiger partial charge in [0.05, 0.1) is 11.5 Å². The molecule has 144 valence electrons. The molecule has 7 heteroatoms. The summed E-state index contributed by atoms with van der Waals surface area (Å²) in [6.07, 6.45) is 1.66. The van der Waals surface area contributed by atoms with E-state index in [1.165, 1.54) is 11.3 Å². The molecule has 27 heavy (non-hydrogen) atoms. The fourth-order valence-corrected chi connectivity index (χ4v) is 6.08. The summed E-state index contributed by atoms with van der Waals surface area (Å²) in [6.45, 7) is 6.88. The van der Waals surface area contributed by atoms with Crippen LogP contribution in [0.2, 0.25) is 0 Å². The number of nitrogens with zero attached hydrogens (tertiary/aromatic N) is 4. The van der Waals surface area contributed by atoms with Crippen molar-refractivity contribution in [2.45, 2.75) is 45.7 Å². The van der Waals surface area contributed by atoms with Crippen molar-refractivity contribution in [1.29, 1.82) is 0 Å². The third kappa shape index (κ3) is 3.40. The zero-order valence-electron chi connectivity index (χ0n) is 16.1. The molecular weight excluding hydrogens is 360 g/mol. The van der Waals surface area contributed by atoms with E-state index in [4.69, 9.17) is 4.98 Å². The van der Waals surface area contributed by atoms with Crippen LogP contribution in [0.15, 0.2) is 30.3 Å². The number of fused-ring (bicyclic) bond motifs is 1. The number of rotatable bonds is 4. The second-order valence-electron chi connectivity index (χ2n) is 7.53. The van der Waals surface area contributed by atoms with Crippen molar-refractivity contribution in [3.63, 3.8) is 0 Å². The van der Waals surface area contributed by atoms with Gasteiger partial charge in [-0.3, -0.25) is 0 Å². The summed E-state index contributed by atoms with van der Waals surface area (Å²) < 4.78 is 23.9. The van der Waals surface area contributed by atoms with Crippen molar-refractivity contribution in [3.05, 3.63) is 41.7 Å². The van der Waals surface area contributed by atoms with Gasteiger partial charge in [-0.1, -0.05) is 18.2 Å². The molecule has 2 atom stereocenters. The summed E-state index contributed by atoms with van der Waals surface area (Å²) in [5, 5.41) is 0. The minimum atomic E-state index is -2.94. The van der Waals surface area contributed by atoms with Crippen molar-refractivity contribution < 1.29 is 8.42 Å². The first-order valence-corrected chi connectivity index (χ1v) is 11.4. The lowest BCUT2D eigenvalue weighted by atomic mass is 10.1. The van der Waals surface area contributed by atoms with Crippen molar-refractivity contribution in [1.82, 2.24) is 9.97 Å². The van der Waals surface area contributed by atoms with Crippen LogP contribution < -0.4 is 9.80 Å². The van der Waals surface area contributed by atoms with Gasteiger partial charge in [0.15, 0.2) is 9.84 Å². The molecule has 2 aromatic rings. The Labute approximate surface area is 161 Å². The zero-order valence-corrected chi connectivity index (χ0v) is 16.9. The fourth-order valence-electron chi connectivity index (χ4n) is 4.35. The van der Waals surface area contributed by atoms with Crippen molar-refractivity contribution in [2.24, 2.45) is 0 Å². The molecule has 4 rings (SSSR count). The molecule has 1 saturated heterocycles. The number of sulfone groups is 1. The average molecular weight is 387 g/mol. The summed E-state index contributed by atoms with van der Waals surface area (Å²) in [7, 11) is -2.94. The molecule has 0 N–H and O–H groups in total. The van der Waals surface area contributed by atoms with Crippen molar-refractivity contribution in [2.75, 3.05) is 27.9 Å². The van der Waals surface area contributed by atoms with Crippen LogP contribution in [0.25, 0.3) is 0 Å². The Bertz CT molecular complexity index is 960. The first-order valence-electron chi connectivity index (χ1n) is 9.58. The number of hydrogen-bond acceptors (Lipinski definition) is 6. The van der Waals surface area contributed by atoms with Gasteiger partial charge < -0.3 is 9.80 Å². The van der Waals surface area contributed by atoms with E-state index in [9.17, 15) is 8.42 Å². The van der Waals surface area contributed by atoms with Crippen LogP contribution in [0.4, 0.5) is 17.3 Å². The van der Waals surface area contributed by atoms with Gasteiger partial charge in [0.2, 0.25) is 0 Å². The lowest BCUT2D eigenvalue weighted by Gasteiger charge is -2.30. The average Bonchev–Trinajstić information content (AvgIpc) is 3.13. The van der Waals surface area contributed by atoms with E-state index in [0.29, 0.717) is 18.3 Å². The monoisotopic (exact) mass is 386 g/mol. The molecule has 2 aliphatic rings. The quantitative estimate of drug-likeness (QED) is 0.805. The zero-order chi connectivity index (χ0) is 19.2. The van der Waals surface area contributed by atoms with Gasteiger partial charge in [0.1, 0.15) is 17.5 Å². The van der Waals surface area contributed by atoms with Gasteiger partial charge in [-0.05, 0) is 45.2 Å². The lowest BCUT2D eigenvalue weighted by Crippen LogP contribution is -2.37. The summed E-state index contributed by atoms with van der Waals surface area (Å²) in [6, 6.07) is 10.8. The Morgan fingerprint density at radius 3 is 2.74 bits per heavy atom. The third-order valence-electron chi connectivity index (χ3n) is 5.55. The molecule has 6 nitrogen and oxygen atoms in total. The molecule has 2 aliphatic heterocycles. The Hall–Kier alpha value is -2.15. The number of hydrogen-bond donors (Lipinski definition) is 0. The predicted molar refractivity (Wildman–Crippen MR) is 109 cm³/mol. The molecule has 3 heterocycles. The van der Waals surface area contributed by atoms with Crippen LogP contribution in [-0.2, 0) is 16.3 Å². The molecule has 0 saturated carbocycles. The highest BCUT2D eigenvalue weighted by Gasteiger charge is 2.33. The van der Waals surface area contributed by atoms with Gasteiger partial charge in [0.25, 0.3) is 0 Å². The maximum absolute atomic E-state index is 11.9. The maximum Gasteiger partial charge on any atom is 0.152 e. The topological polar surface area (TPSA) is 66.4 Å². The molecule has 0 spiro atoms. The molecule has 0 radical (unpaired) electrons. The summed E-state index contributed by atoms with van der Waals surface area (Å²) in [4.78, 5) is 13.7. The standard InChI is InChI=1S/C20H26N4O2S/c1-4-23(17-9-10-27(25,26)13-17)19-12-20(22-15(3)21-19)24-14(2)11-16-7-5-6-8-18(16)24/h5-8,12,14,17H,4,9-11,13H2,1-3H3. The Morgan fingerprint density at radius 2 is 2.04 bits per heavy atom. The highest BCUT2D eigenvalue weighted by Crippen LogP contribution is 2.38. The van der Waals surface area contributed by atoms with E-state index in [2.05, 4.69) is 52.9 Å². The largest absolute Gasteiger partial charge is 0.353 e. The van der Waals surface area contributed by atoms with Crippen molar-refractivity contribution >= 4 is 27.2 Å². The summed E-state index contributed by atoms with van der Waals surface area (Å²) in [5.74, 6) is 2.88. The number of benzene rings is 1. The number of para-hydroxylation sites is 1. The molecule has 0 aliphatic carbocycles. The summed E-state index contributed by atoms with van der Waals surface area (Å²) in [5.41, 5.74) is 2.53. The minimum Gasteiger partial charge on any atom is -0.353 e. The molecule has 0 bridgehead atoms. The predicted octanol–water partition coefficient (Wildman–Crippen LogP) is 2.88. The van der Waals surface area contributed by atoms with E-state index >= 15 is 0 Å². The van der Waals surface area contributed by atoms with Gasteiger partial charge in [0, 0.05) is 30.4 Å². The first-order chi connectivity index (χ1) is 12.9. The molecule has 2 unspecified atom stereocenters. The number of aromatic nitrogens is 2. The van der Waals surface area contributed by atoms with Gasteiger partial charge in [-0.2, -0.15) is 0 Å². The SMILES string of the molecule is CCN(c1cc(N2c3ccccc3CC2C)nc(C)n1)C1CCS(=O)(=O)C1. The van der Waals surface area contributed by atoms with Crippen LogP contribution in [0.1, 0.15) is 31.7 Å². The molecule has 1 aromatic carbocycles. The Kier molecular flexibility index (Phi) is 4.58. The third-order valence-corrected chi connectivity index (χ3v) is 7.30. The molecular formula is C20H26N4O2S. The Balaban J connectivity index is 1.72. The fraction of sp³-hybridized carbons (Fsp3) is 0.500. The maximum atomic E-state index is 11.9. The Morgan fingerprint density at radius 1 is 1.26 bits per heavy atom. The highest BCUT2D eigenvalue weighted by atomic mass is 32.2. The smallest absolute Gasteiger partial charge is 0.152 e. The van der Waals surface area contributed by atoms with Crippen LogP contribution in [0.5, 0.6) is 0 Å². The van der Waals surface area contributed by atoms with E-state index in [1.807, 2.05) is 13.0 Å². The lowest BCUT2D eigenvalue weighted by molar-refractivity contribution is 0.599.